The fourth-order valence-corrected chi connectivity index (χ4v) is 1.57. The van der Waals surface area contributed by atoms with Gasteiger partial charge in [0.2, 0.25) is 5.88 Å². The maximum absolute atomic E-state index is 5.60. The van der Waals surface area contributed by atoms with Crippen LogP contribution in [0.4, 0.5) is 0 Å². The van der Waals surface area contributed by atoms with Crippen LogP contribution >= 0.6 is 0 Å². The van der Waals surface area contributed by atoms with Crippen LogP contribution in [0.1, 0.15) is 12.6 Å². The van der Waals surface area contributed by atoms with E-state index in [0.717, 1.165) is 11.4 Å². The van der Waals surface area contributed by atoms with Gasteiger partial charge in [-0.3, -0.25) is 0 Å². The van der Waals surface area contributed by atoms with Gasteiger partial charge in [-0.25, -0.2) is 0 Å². The van der Waals surface area contributed by atoms with Crippen molar-refractivity contribution < 1.29 is 9.47 Å². The summed E-state index contributed by atoms with van der Waals surface area (Å²) >= 11 is 0. The van der Waals surface area contributed by atoms with E-state index >= 15 is 0 Å². The highest BCUT2D eigenvalue weighted by Crippen LogP contribution is 2.22. The number of rotatable bonds is 6. The molecule has 19 heavy (non-hydrogen) atoms. The molecule has 100 valence electrons. The van der Waals surface area contributed by atoms with Gasteiger partial charge < -0.3 is 14.8 Å². The molecule has 0 aliphatic rings. The molecule has 0 aliphatic carbocycles. The minimum Gasteiger partial charge on any atom is -0.494 e. The monoisotopic (exact) mass is 259 g/mol. The Kier molecular flexibility index (Phi) is 4.69. The molecule has 5 nitrogen and oxygen atoms in total. The molecule has 0 saturated heterocycles. The molecule has 1 aromatic carbocycles. The lowest BCUT2D eigenvalue weighted by molar-refractivity contribution is 0.339. The maximum Gasteiger partial charge on any atom is 0.238 e. The standard InChI is InChI=1S/C14H17N3O2/c1-3-18-12-5-7-13(8-6-12)19-14-9-4-11(10-15-2)16-17-14/h4-9,15H,3,10H2,1-2H3. The zero-order chi connectivity index (χ0) is 13.5. The van der Waals surface area contributed by atoms with E-state index in [1.54, 1.807) is 6.07 Å². The van der Waals surface area contributed by atoms with Gasteiger partial charge >= 0.3 is 0 Å². The summed E-state index contributed by atoms with van der Waals surface area (Å²) in [6.45, 7) is 3.29. The molecule has 2 rings (SSSR count). The van der Waals surface area contributed by atoms with Crippen molar-refractivity contribution >= 4 is 0 Å². The number of ether oxygens (including phenoxy) is 2. The molecule has 0 unspecified atom stereocenters. The number of nitrogens with zero attached hydrogens (tertiary/aromatic N) is 2. The minimum absolute atomic E-state index is 0.476. The van der Waals surface area contributed by atoms with Crippen molar-refractivity contribution in [1.82, 2.24) is 15.5 Å². The first-order valence-corrected chi connectivity index (χ1v) is 6.19. The second-order valence-electron chi connectivity index (χ2n) is 3.90. The van der Waals surface area contributed by atoms with Crippen LogP contribution in [0, 0.1) is 0 Å². The number of benzene rings is 1. The van der Waals surface area contributed by atoms with E-state index < -0.39 is 0 Å². The van der Waals surface area contributed by atoms with Gasteiger partial charge in [0.1, 0.15) is 11.5 Å². The number of hydrogen-bond donors (Lipinski definition) is 1. The number of nitrogens with one attached hydrogen (secondary N) is 1. The molecule has 0 aliphatic heterocycles. The zero-order valence-electron chi connectivity index (χ0n) is 11.1. The fourth-order valence-electron chi connectivity index (χ4n) is 1.57. The van der Waals surface area contributed by atoms with Crippen molar-refractivity contribution in [2.24, 2.45) is 0 Å². The van der Waals surface area contributed by atoms with Crippen LogP contribution in [0.2, 0.25) is 0 Å². The third kappa shape index (κ3) is 3.93. The fraction of sp³-hybridized carbons (Fsp3) is 0.286. The summed E-state index contributed by atoms with van der Waals surface area (Å²) in [4.78, 5) is 0. The van der Waals surface area contributed by atoms with E-state index in [9.17, 15) is 0 Å². The lowest BCUT2D eigenvalue weighted by Crippen LogP contribution is -2.07. The van der Waals surface area contributed by atoms with Crippen LogP contribution in [0.25, 0.3) is 0 Å². The van der Waals surface area contributed by atoms with Crippen LogP contribution in [-0.2, 0) is 6.54 Å². The van der Waals surface area contributed by atoms with E-state index in [2.05, 4.69) is 15.5 Å². The third-order valence-electron chi connectivity index (χ3n) is 2.41. The van der Waals surface area contributed by atoms with Gasteiger partial charge in [0.05, 0.1) is 12.3 Å². The van der Waals surface area contributed by atoms with Gasteiger partial charge in [-0.1, -0.05) is 0 Å². The van der Waals surface area contributed by atoms with Gasteiger partial charge in [-0.15, -0.1) is 5.10 Å². The quantitative estimate of drug-likeness (QED) is 0.863. The molecular weight excluding hydrogens is 242 g/mol. The first-order valence-electron chi connectivity index (χ1n) is 6.19. The Morgan fingerprint density at radius 3 is 2.32 bits per heavy atom. The average Bonchev–Trinajstić information content (AvgIpc) is 2.44. The van der Waals surface area contributed by atoms with Gasteiger partial charge in [-0.2, -0.15) is 5.10 Å². The molecule has 0 atom stereocenters. The number of hydrogen-bond acceptors (Lipinski definition) is 5. The Morgan fingerprint density at radius 2 is 1.74 bits per heavy atom. The smallest absolute Gasteiger partial charge is 0.238 e. The molecule has 0 fully saturated rings. The predicted octanol–water partition coefficient (Wildman–Crippen LogP) is 2.39. The summed E-state index contributed by atoms with van der Waals surface area (Å²) in [5.74, 6) is 2.01. The lowest BCUT2D eigenvalue weighted by atomic mass is 10.3. The highest BCUT2D eigenvalue weighted by atomic mass is 16.5. The second-order valence-corrected chi connectivity index (χ2v) is 3.90. The summed E-state index contributed by atoms with van der Waals surface area (Å²) in [7, 11) is 1.87. The van der Waals surface area contributed by atoms with E-state index in [0.29, 0.717) is 24.8 Å². The van der Waals surface area contributed by atoms with Crippen LogP contribution in [0.3, 0.4) is 0 Å². The van der Waals surface area contributed by atoms with Gasteiger partial charge in [0.15, 0.2) is 0 Å². The normalized spacial score (nSPS) is 10.2. The molecule has 2 aromatic rings. The van der Waals surface area contributed by atoms with Crippen molar-refractivity contribution in [2.75, 3.05) is 13.7 Å². The lowest BCUT2D eigenvalue weighted by Gasteiger charge is -2.06. The van der Waals surface area contributed by atoms with Crippen molar-refractivity contribution in [3.8, 4) is 17.4 Å². The van der Waals surface area contributed by atoms with Crippen molar-refractivity contribution in [2.45, 2.75) is 13.5 Å². The molecule has 1 heterocycles. The third-order valence-corrected chi connectivity index (χ3v) is 2.41. The van der Waals surface area contributed by atoms with Crippen LogP contribution < -0.4 is 14.8 Å². The summed E-state index contributed by atoms with van der Waals surface area (Å²) in [6.07, 6.45) is 0. The zero-order valence-corrected chi connectivity index (χ0v) is 11.1. The second kappa shape index (κ2) is 6.70. The average molecular weight is 259 g/mol. The minimum atomic E-state index is 0.476. The van der Waals surface area contributed by atoms with E-state index in [4.69, 9.17) is 9.47 Å². The van der Waals surface area contributed by atoms with Crippen molar-refractivity contribution in [3.05, 3.63) is 42.1 Å². The molecule has 0 amide bonds. The Labute approximate surface area is 112 Å². The maximum atomic E-state index is 5.60. The first kappa shape index (κ1) is 13.3. The summed E-state index contributed by atoms with van der Waals surface area (Å²) in [5.41, 5.74) is 0.876. The Hall–Kier alpha value is -2.14. The Bertz CT molecular complexity index is 450. The Morgan fingerprint density at radius 1 is 1.00 bits per heavy atom. The first-order chi connectivity index (χ1) is 9.31. The topological polar surface area (TPSA) is 56.3 Å². The van der Waals surface area contributed by atoms with Gasteiger partial charge in [0, 0.05) is 12.6 Å². The van der Waals surface area contributed by atoms with E-state index in [1.165, 1.54) is 0 Å². The van der Waals surface area contributed by atoms with E-state index in [-0.39, 0.29) is 0 Å². The largest absolute Gasteiger partial charge is 0.494 e. The highest BCUT2D eigenvalue weighted by molar-refractivity contribution is 5.33. The highest BCUT2D eigenvalue weighted by Gasteiger charge is 2.01. The molecule has 0 saturated carbocycles. The molecule has 1 N–H and O–H groups in total. The van der Waals surface area contributed by atoms with Gasteiger partial charge in [0.25, 0.3) is 0 Å². The molecular formula is C14H17N3O2. The molecule has 0 spiro atoms. The molecule has 0 radical (unpaired) electrons. The summed E-state index contributed by atoms with van der Waals surface area (Å²) < 4.78 is 11.0. The molecule has 5 heteroatoms. The van der Waals surface area contributed by atoms with Gasteiger partial charge in [-0.05, 0) is 44.3 Å². The van der Waals surface area contributed by atoms with Crippen LogP contribution in [0.5, 0.6) is 17.4 Å². The summed E-state index contributed by atoms with van der Waals surface area (Å²) in [5, 5.41) is 11.1. The SMILES string of the molecule is CCOc1ccc(Oc2ccc(CNC)nn2)cc1. The molecule has 0 bridgehead atoms. The predicted molar refractivity (Wildman–Crippen MR) is 72.5 cm³/mol. The van der Waals surface area contributed by atoms with Crippen molar-refractivity contribution in [3.63, 3.8) is 0 Å². The van der Waals surface area contributed by atoms with E-state index in [1.807, 2.05) is 44.3 Å². The molecule has 1 aromatic heterocycles. The number of aromatic nitrogens is 2. The Balaban J connectivity index is 1.99. The van der Waals surface area contributed by atoms with Crippen molar-refractivity contribution in [1.29, 1.82) is 0 Å². The summed E-state index contributed by atoms with van der Waals surface area (Å²) in [6, 6.07) is 11.1. The van der Waals surface area contributed by atoms with Crippen LogP contribution in [0.15, 0.2) is 36.4 Å². The van der Waals surface area contributed by atoms with Crippen LogP contribution in [-0.4, -0.2) is 23.9 Å².